The van der Waals surface area contributed by atoms with Crippen LogP contribution in [0.1, 0.15) is 149 Å². The first-order valence-electron chi connectivity index (χ1n) is 16.4. The second kappa shape index (κ2) is 19.2. The quantitative estimate of drug-likeness (QED) is 0.0868. The Kier molecular flexibility index (Phi) is 17.9. The zero-order valence-corrected chi connectivity index (χ0v) is 31.2. The zero-order valence-electron chi connectivity index (χ0n) is 29.4. The van der Waals surface area contributed by atoms with Crippen LogP contribution in [0.25, 0.3) is 0 Å². The van der Waals surface area contributed by atoms with E-state index in [2.05, 4.69) is 97.8 Å². The van der Waals surface area contributed by atoms with Gasteiger partial charge in [-0.05, 0) is 96.6 Å². The third-order valence-electron chi connectivity index (χ3n) is 9.81. The second-order valence-corrected chi connectivity index (χ2v) is 14.6. The Morgan fingerprint density at radius 2 is 0.804 bits per heavy atom. The van der Waals surface area contributed by atoms with Crippen LogP contribution in [0, 0.1) is 19.3 Å². The van der Waals surface area contributed by atoms with Gasteiger partial charge in [-0.2, -0.15) is 0 Å². The van der Waals surface area contributed by atoms with Crippen molar-refractivity contribution in [3.05, 3.63) is 68.8 Å². The van der Waals surface area contributed by atoms with Crippen molar-refractivity contribution in [3.8, 4) is 0 Å². The Balaban J connectivity index is 0.00000135. The maximum Gasteiger partial charge on any atom is 0.334 e. The topological polar surface area (TPSA) is 171 Å². The summed E-state index contributed by atoms with van der Waals surface area (Å²) in [7, 11) is -5.22. The number of aliphatic hydroxyl groups excluding tert-OH is 3. The second-order valence-electron chi connectivity index (χ2n) is 12.9. The lowest BCUT2D eigenvalue weighted by Crippen LogP contribution is -2.56. The summed E-state index contributed by atoms with van der Waals surface area (Å²) in [5.74, 6) is 0.528. The first kappa shape index (κ1) is 43.0. The zero-order chi connectivity index (χ0) is 35.6. The van der Waals surface area contributed by atoms with Crippen molar-refractivity contribution in [2.75, 3.05) is 19.8 Å². The van der Waals surface area contributed by atoms with Gasteiger partial charge in [0.2, 0.25) is 0 Å². The molecule has 0 saturated carbocycles. The van der Waals surface area contributed by atoms with Gasteiger partial charge in [0.05, 0.1) is 25.2 Å². The molecule has 0 fully saturated rings. The molecule has 2 aromatic carbocycles. The van der Waals surface area contributed by atoms with E-state index in [9.17, 15) is 20.4 Å². The number of hydrogen-bond acceptors (Lipinski definition) is 9. The third kappa shape index (κ3) is 9.55. The maximum atomic E-state index is 13.7. The number of benzene rings is 2. The average molecular weight is 687 g/mol. The van der Waals surface area contributed by atoms with Crippen molar-refractivity contribution in [2.45, 2.75) is 124 Å². The van der Waals surface area contributed by atoms with Crippen LogP contribution in [-0.4, -0.2) is 59.8 Å². The molecule has 0 spiro atoms. The summed E-state index contributed by atoms with van der Waals surface area (Å²) in [6, 6.07) is 8.66. The van der Waals surface area contributed by atoms with Gasteiger partial charge < -0.3 is 40.0 Å². The van der Waals surface area contributed by atoms with Crippen LogP contribution in [0.5, 0.6) is 0 Å². The van der Waals surface area contributed by atoms with Crippen LogP contribution < -0.4 is 0 Å². The molecule has 11 heteroatoms. The van der Waals surface area contributed by atoms with E-state index in [1.165, 1.54) is 0 Å². The van der Waals surface area contributed by atoms with Gasteiger partial charge in [0, 0.05) is 0 Å². The van der Waals surface area contributed by atoms with Crippen molar-refractivity contribution in [2.24, 2.45) is 5.41 Å². The number of rotatable bonds is 16. The van der Waals surface area contributed by atoms with E-state index in [0.29, 0.717) is 0 Å². The SMILES string of the molecule is CCC(C)c1cc(C)cc(C(C)CC)c1C(O)(c1c(C(C)CC)cc(C)cc1C(C)CC)C(CO)(CO)CO.OP(O)OP(O)O. The Bertz CT molecular complexity index is 1070. The summed E-state index contributed by atoms with van der Waals surface area (Å²) in [6.45, 7) is 19.8. The molecule has 0 saturated heterocycles. The monoisotopic (exact) mass is 686 g/mol. The number of aryl methyl sites for hydroxylation is 2. The molecule has 0 aliphatic heterocycles. The molecule has 0 aliphatic rings. The highest BCUT2D eigenvalue weighted by molar-refractivity contribution is 7.53. The molecule has 4 unspecified atom stereocenters. The van der Waals surface area contributed by atoms with E-state index in [-0.39, 0.29) is 23.7 Å². The Labute approximate surface area is 279 Å². The van der Waals surface area contributed by atoms with Crippen molar-refractivity contribution in [3.63, 3.8) is 0 Å². The molecule has 8 N–H and O–H groups in total. The first-order valence-corrected chi connectivity index (χ1v) is 18.7. The molecule has 0 bridgehead atoms. The fourth-order valence-electron chi connectivity index (χ4n) is 6.17. The Hall–Kier alpha value is -1.06. The summed E-state index contributed by atoms with van der Waals surface area (Å²) >= 11 is 0. The van der Waals surface area contributed by atoms with E-state index < -0.39 is 48.0 Å². The standard InChI is InChI=1S/C35H56O4.H4O5P2/c1-11-24(7)28-15-22(5)16-29(25(8)12-2)32(28)35(39,34(19-36,20-37)21-38)33-30(26(9)13-3)17-23(6)18-31(33)27(10)14-4;1-6(2)5-7(3)4/h15-18,24-27,36-39H,11-14,19-21H2,1-10H3;1-4H. The minimum absolute atomic E-state index is 0.132. The maximum absolute atomic E-state index is 13.7. The summed E-state index contributed by atoms with van der Waals surface area (Å²) in [4.78, 5) is 31.3. The fourth-order valence-corrected chi connectivity index (χ4v) is 6.69. The molecular weight excluding hydrogens is 626 g/mol. The summed E-state index contributed by atoms with van der Waals surface area (Å²) in [5.41, 5.74) is 4.45. The highest BCUT2D eigenvalue weighted by Gasteiger charge is 2.56. The lowest BCUT2D eigenvalue weighted by atomic mass is 9.59. The van der Waals surface area contributed by atoms with Crippen LogP contribution in [0.3, 0.4) is 0 Å². The van der Waals surface area contributed by atoms with Crippen molar-refractivity contribution >= 4 is 17.2 Å². The highest BCUT2D eigenvalue weighted by atomic mass is 31.2. The molecule has 46 heavy (non-hydrogen) atoms. The number of aliphatic hydroxyl groups is 4. The molecular formula is C35H60O9P2. The van der Waals surface area contributed by atoms with Gasteiger partial charge in [0.1, 0.15) is 5.60 Å². The van der Waals surface area contributed by atoms with Gasteiger partial charge >= 0.3 is 17.2 Å². The molecule has 2 rings (SSSR count). The molecule has 2 aromatic rings. The van der Waals surface area contributed by atoms with Gasteiger partial charge in [-0.25, -0.2) is 4.31 Å². The van der Waals surface area contributed by atoms with Gasteiger partial charge in [0.25, 0.3) is 0 Å². The lowest BCUT2D eigenvalue weighted by molar-refractivity contribution is -0.137. The number of hydrogen-bond donors (Lipinski definition) is 8. The fraction of sp³-hybridized carbons (Fsp3) is 0.657. The molecule has 264 valence electrons. The molecule has 4 atom stereocenters. The lowest BCUT2D eigenvalue weighted by Gasteiger charge is -2.50. The minimum Gasteiger partial charge on any atom is -0.395 e. The van der Waals surface area contributed by atoms with Crippen LogP contribution in [-0.2, 0) is 9.91 Å². The largest absolute Gasteiger partial charge is 0.395 e. The van der Waals surface area contributed by atoms with Gasteiger partial charge in [-0.15, -0.1) is 0 Å². The molecule has 9 nitrogen and oxygen atoms in total. The Morgan fingerprint density at radius 1 is 0.565 bits per heavy atom. The van der Waals surface area contributed by atoms with Crippen LogP contribution >= 0.6 is 17.2 Å². The predicted octanol–water partition coefficient (Wildman–Crippen LogP) is 6.98. The van der Waals surface area contributed by atoms with E-state index in [1.54, 1.807) is 0 Å². The van der Waals surface area contributed by atoms with E-state index in [4.69, 9.17) is 19.6 Å². The highest BCUT2D eigenvalue weighted by Crippen LogP contribution is 2.54. The summed E-state index contributed by atoms with van der Waals surface area (Å²) < 4.78 is 3.60. The summed E-state index contributed by atoms with van der Waals surface area (Å²) in [5, 5.41) is 46.7. The van der Waals surface area contributed by atoms with E-state index >= 15 is 0 Å². The third-order valence-corrected chi connectivity index (χ3v) is 11.0. The molecule has 0 aromatic heterocycles. The summed E-state index contributed by atoms with van der Waals surface area (Å²) in [6.07, 6.45) is 3.50. The molecule has 0 aliphatic carbocycles. The predicted molar refractivity (Wildman–Crippen MR) is 188 cm³/mol. The minimum atomic E-state index is -2.61. The molecule has 0 amide bonds. The van der Waals surface area contributed by atoms with Gasteiger partial charge in [-0.3, -0.25) is 0 Å². The van der Waals surface area contributed by atoms with Crippen LogP contribution in [0.15, 0.2) is 24.3 Å². The van der Waals surface area contributed by atoms with E-state index in [0.717, 1.165) is 70.2 Å². The van der Waals surface area contributed by atoms with E-state index in [1.807, 2.05) is 0 Å². The smallest absolute Gasteiger partial charge is 0.334 e. The first-order chi connectivity index (χ1) is 21.5. The molecule has 0 heterocycles. The Morgan fingerprint density at radius 3 is 0.957 bits per heavy atom. The van der Waals surface area contributed by atoms with Crippen molar-refractivity contribution < 1.29 is 44.3 Å². The van der Waals surface area contributed by atoms with Gasteiger partial charge in [0.15, 0.2) is 0 Å². The normalized spacial score (nSPS) is 16.1. The average Bonchev–Trinajstić information content (AvgIpc) is 3.02. The van der Waals surface area contributed by atoms with Crippen LogP contribution in [0.4, 0.5) is 0 Å². The van der Waals surface area contributed by atoms with Crippen molar-refractivity contribution in [1.82, 2.24) is 0 Å². The van der Waals surface area contributed by atoms with Crippen LogP contribution in [0.2, 0.25) is 0 Å². The van der Waals surface area contributed by atoms with Crippen molar-refractivity contribution in [1.29, 1.82) is 0 Å². The molecule has 0 radical (unpaired) electrons. The van der Waals surface area contributed by atoms with Gasteiger partial charge in [-0.1, -0.05) is 90.8 Å².